The standard InChI is InChI=1S/C12H17BrN4O/c1-3-14-12-15-8(2)10-6-9(13)7-17(4-5-18)11(10)16-12/h6,18H,3-5,7H2,1-2H3,(H,14,15,16). The summed E-state index contributed by atoms with van der Waals surface area (Å²) in [5.74, 6) is 1.53. The van der Waals surface area contributed by atoms with E-state index in [1.54, 1.807) is 0 Å². The molecule has 0 radical (unpaired) electrons. The Bertz CT molecular complexity index is 475. The number of anilines is 2. The summed E-state index contributed by atoms with van der Waals surface area (Å²) >= 11 is 3.52. The minimum atomic E-state index is 0.110. The molecule has 0 aromatic carbocycles. The van der Waals surface area contributed by atoms with Crippen molar-refractivity contribution in [1.29, 1.82) is 0 Å². The van der Waals surface area contributed by atoms with Gasteiger partial charge < -0.3 is 15.3 Å². The molecule has 5 nitrogen and oxygen atoms in total. The maximum Gasteiger partial charge on any atom is 0.224 e. The van der Waals surface area contributed by atoms with E-state index in [1.807, 2.05) is 19.9 Å². The van der Waals surface area contributed by atoms with E-state index in [1.165, 1.54) is 0 Å². The van der Waals surface area contributed by atoms with E-state index in [2.05, 4.69) is 36.1 Å². The molecule has 0 fully saturated rings. The maximum absolute atomic E-state index is 9.14. The predicted molar refractivity (Wildman–Crippen MR) is 77.1 cm³/mol. The quantitative estimate of drug-likeness (QED) is 0.887. The Morgan fingerprint density at radius 1 is 1.50 bits per heavy atom. The van der Waals surface area contributed by atoms with Gasteiger partial charge in [-0.2, -0.15) is 4.98 Å². The van der Waals surface area contributed by atoms with Crippen molar-refractivity contribution in [2.24, 2.45) is 0 Å². The minimum absolute atomic E-state index is 0.110. The van der Waals surface area contributed by atoms with Gasteiger partial charge in [0.15, 0.2) is 0 Å². The molecule has 0 amide bonds. The van der Waals surface area contributed by atoms with E-state index in [-0.39, 0.29) is 6.61 Å². The number of fused-ring (bicyclic) bond motifs is 1. The molecule has 2 heterocycles. The molecule has 0 unspecified atom stereocenters. The van der Waals surface area contributed by atoms with Gasteiger partial charge in [-0.05, 0) is 19.9 Å². The number of halogens is 1. The van der Waals surface area contributed by atoms with Gasteiger partial charge in [-0.1, -0.05) is 15.9 Å². The average Bonchev–Trinajstić information content (AvgIpc) is 2.31. The topological polar surface area (TPSA) is 61.3 Å². The number of rotatable bonds is 4. The van der Waals surface area contributed by atoms with Crippen LogP contribution in [-0.2, 0) is 0 Å². The first-order valence-electron chi connectivity index (χ1n) is 6.00. The number of nitrogens with zero attached hydrogens (tertiary/aromatic N) is 3. The van der Waals surface area contributed by atoms with E-state index in [4.69, 9.17) is 5.11 Å². The van der Waals surface area contributed by atoms with Crippen LogP contribution in [0.3, 0.4) is 0 Å². The van der Waals surface area contributed by atoms with Crippen LogP contribution in [0.4, 0.5) is 11.8 Å². The third-order valence-electron chi connectivity index (χ3n) is 2.76. The molecule has 0 saturated carbocycles. The zero-order chi connectivity index (χ0) is 13.1. The van der Waals surface area contributed by atoms with Crippen molar-refractivity contribution in [3.63, 3.8) is 0 Å². The lowest BCUT2D eigenvalue weighted by molar-refractivity contribution is 0.302. The second kappa shape index (κ2) is 5.67. The normalized spacial score (nSPS) is 14.2. The summed E-state index contributed by atoms with van der Waals surface area (Å²) in [4.78, 5) is 11.0. The summed E-state index contributed by atoms with van der Waals surface area (Å²) in [6.45, 7) is 6.19. The summed E-state index contributed by atoms with van der Waals surface area (Å²) < 4.78 is 1.08. The van der Waals surface area contributed by atoms with Gasteiger partial charge in [0.1, 0.15) is 5.82 Å². The summed E-state index contributed by atoms with van der Waals surface area (Å²) in [7, 11) is 0. The fraction of sp³-hybridized carbons (Fsp3) is 0.500. The molecule has 6 heteroatoms. The molecule has 0 saturated heterocycles. The Morgan fingerprint density at radius 3 is 2.94 bits per heavy atom. The molecule has 2 rings (SSSR count). The number of hydrogen-bond donors (Lipinski definition) is 2. The second-order valence-electron chi connectivity index (χ2n) is 4.14. The van der Waals surface area contributed by atoms with Crippen LogP contribution >= 0.6 is 15.9 Å². The van der Waals surface area contributed by atoms with Gasteiger partial charge in [0.2, 0.25) is 5.95 Å². The van der Waals surface area contributed by atoms with Crippen LogP contribution in [0.2, 0.25) is 0 Å². The summed E-state index contributed by atoms with van der Waals surface area (Å²) in [6.07, 6.45) is 2.05. The fourth-order valence-corrected chi connectivity index (χ4v) is 2.51. The molecule has 0 bridgehead atoms. The van der Waals surface area contributed by atoms with Crippen molar-refractivity contribution in [2.75, 3.05) is 36.5 Å². The Balaban J connectivity index is 2.46. The fourth-order valence-electron chi connectivity index (χ4n) is 1.98. The van der Waals surface area contributed by atoms with E-state index in [9.17, 15) is 0 Å². The number of aliphatic hydroxyl groups is 1. The summed E-state index contributed by atoms with van der Waals surface area (Å²) in [5, 5.41) is 12.3. The molecule has 1 aliphatic heterocycles. The summed E-state index contributed by atoms with van der Waals surface area (Å²) in [6, 6.07) is 0. The molecule has 1 aromatic rings. The molecule has 98 valence electrons. The van der Waals surface area contributed by atoms with E-state index in [0.29, 0.717) is 12.5 Å². The predicted octanol–water partition coefficient (Wildman–Crippen LogP) is 1.76. The van der Waals surface area contributed by atoms with Gasteiger partial charge in [0, 0.05) is 23.1 Å². The lowest BCUT2D eigenvalue weighted by atomic mass is 10.1. The zero-order valence-corrected chi connectivity index (χ0v) is 12.2. The minimum Gasteiger partial charge on any atom is -0.395 e. The van der Waals surface area contributed by atoms with Crippen LogP contribution in [-0.4, -0.2) is 41.3 Å². The van der Waals surface area contributed by atoms with Gasteiger partial charge in [0.05, 0.1) is 18.8 Å². The van der Waals surface area contributed by atoms with Gasteiger partial charge >= 0.3 is 0 Å². The molecular weight excluding hydrogens is 296 g/mol. The van der Waals surface area contributed by atoms with Crippen molar-refractivity contribution in [1.82, 2.24) is 9.97 Å². The molecule has 1 aliphatic rings. The smallest absolute Gasteiger partial charge is 0.224 e. The number of nitrogens with one attached hydrogen (secondary N) is 1. The number of β-amino-alcohol motifs (C(OH)–C–C–N with tert-alkyl or cyclic N) is 1. The first kappa shape index (κ1) is 13.3. The van der Waals surface area contributed by atoms with Gasteiger partial charge in [0.25, 0.3) is 0 Å². The highest BCUT2D eigenvalue weighted by Crippen LogP contribution is 2.31. The van der Waals surface area contributed by atoms with Gasteiger partial charge in [-0.25, -0.2) is 4.98 Å². The van der Waals surface area contributed by atoms with E-state index in [0.717, 1.165) is 34.6 Å². The Morgan fingerprint density at radius 2 is 2.28 bits per heavy atom. The van der Waals surface area contributed by atoms with Crippen molar-refractivity contribution in [3.05, 3.63) is 15.7 Å². The lowest BCUT2D eigenvalue weighted by Crippen LogP contribution is -2.32. The molecule has 0 atom stereocenters. The highest BCUT2D eigenvalue weighted by Gasteiger charge is 2.21. The maximum atomic E-state index is 9.14. The molecule has 0 spiro atoms. The second-order valence-corrected chi connectivity index (χ2v) is 5.16. The molecular formula is C12H17BrN4O. The van der Waals surface area contributed by atoms with Crippen LogP contribution < -0.4 is 10.2 Å². The first-order chi connectivity index (χ1) is 8.65. The van der Waals surface area contributed by atoms with E-state index < -0.39 is 0 Å². The van der Waals surface area contributed by atoms with Gasteiger partial charge in [-0.3, -0.25) is 0 Å². The SMILES string of the molecule is CCNc1nc(C)c2c(n1)N(CCO)CC(Br)=C2. The number of aryl methyl sites for hydroxylation is 1. The van der Waals surface area contributed by atoms with Crippen LogP contribution in [0.15, 0.2) is 4.48 Å². The Kier molecular flexibility index (Phi) is 4.19. The monoisotopic (exact) mass is 312 g/mol. The Hall–Kier alpha value is -1.14. The average molecular weight is 313 g/mol. The van der Waals surface area contributed by atoms with Crippen molar-refractivity contribution in [2.45, 2.75) is 13.8 Å². The number of aromatic nitrogens is 2. The van der Waals surface area contributed by atoms with Crippen LogP contribution in [0.25, 0.3) is 6.08 Å². The lowest BCUT2D eigenvalue weighted by Gasteiger charge is -2.28. The molecule has 18 heavy (non-hydrogen) atoms. The van der Waals surface area contributed by atoms with E-state index >= 15 is 0 Å². The highest BCUT2D eigenvalue weighted by molar-refractivity contribution is 9.11. The van der Waals surface area contributed by atoms with Crippen LogP contribution in [0, 0.1) is 6.92 Å². The molecule has 2 N–H and O–H groups in total. The number of hydrogen-bond acceptors (Lipinski definition) is 5. The van der Waals surface area contributed by atoms with Crippen molar-refractivity contribution in [3.8, 4) is 0 Å². The third kappa shape index (κ3) is 2.64. The molecule has 0 aliphatic carbocycles. The van der Waals surface area contributed by atoms with Crippen LogP contribution in [0.1, 0.15) is 18.2 Å². The zero-order valence-electron chi connectivity index (χ0n) is 10.6. The van der Waals surface area contributed by atoms with Crippen molar-refractivity contribution >= 4 is 33.8 Å². The first-order valence-corrected chi connectivity index (χ1v) is 6.79. The molecule has 1 aromatic heterocycles. The van der Waals surface area contributed by atoms with Gasteiger partial charge in [-0.15, -0.1) is 0 Å². The van der Waals surface area contributed by atoms with Crippen LogP contribution in [0.5, 0.6) is 0 Å². The largest absolute Gasteiger partial charge is 0.395 e. The Labute approximate surface area is 115 Å². The summed E-state index contributed by atoms with van der Waals surface area (Å²) in [5.41, 5.74) is 1.96. The third-order valence-corrected chi connectivity index (χ3v) is 3.24. The highest BCUT2D eigenvalue weighted by atomic mass is 79.9. The number of aliphatic hydroxyl groups excluding tert-OH is 1. The van der Waals surface area contributed by atoms with Crippen molar-refractivity contribution < 1.29 is 5.11 Å².